The van der Waals surface area contributed by atoms with Crippen LogP contribution < -0.4 is 25.6 Å². The highest BCUT2D eigenvalue weighted by Crippen LogP contribution is 2.18. The lowest BCUT2D eigenvalue weighted by molar-refractivity contribution is -0.124. The van der Waals surface area contributed by atoms with Crippen LogP contribution in [-0.2, 0) is 9.59 Å². The lowest BCUT2D eigenvalue weighted by atomic mass is 10.1. The van der Waals surface area contributed by atoms with Gasteiger partial charge >= 0.3 is 0 Å². The highest BCUT2D eigenvalue weighted by molar-refractivity contribution is 5.98. The van der Waals surface area contributed by atoms with Crippen molar-refractivity contribution in [3.05, 3.63) is 89.5 Å². The van der Waals surface area contributed by atoms with E-state index in [2.05, 4.69) is 16.2 Å². The molecule has 0 bridgehead atoms. The van der Waals surface area contributed by atoms with Gasteiger partial charge in [0.2, 0.25) is 11.8 Å². The highest BCUT2D eigenvalue weighted by Gasteiger charge is 2.14. The molecule has 0 unspecified atom stereocenters. The molecule has 3 rings (SSSR count). The van der Waals surface area contributed by atoms with Gasteiger partial charge in [-0.2, -0.15) is 0 Å². The molecule has 3 N–H and O–H groups in total. The molecule has 0 saturated heterocycles. The number of carbonyl (C=O) groups excluding carboxylic acids is 3. The van der Waals surface area contributed by atoms with E-state index in [9.17, 15) is 14.4 Å². The first-order chi connectivity index (χ1) is 16.9. The van der Waals surface area contributed by atoms with Crippen LogP contribution in [0.1, 0.15) is 34.3 Å². The van der Waals surface area contributed by atoms with Crippen molar-refractivity contribution in [2.75, 3.05) is 18.5 Å². The lowest BCUT2D eigenvalue weighted by Crippen LogP contribution is -2.42. The number of hydrogen-bond acceptors (Lipinski definition) is 5. The van der Waals surface area contributed by atoms with Crippen LogP contribution in [0.5, 0.6) is 11.5 Å². The van der Waals surface area contributed by atoms with Gasteiger partial charge in [-0.15, -0.1) is 0 Å². The molecule has 3 aromatic carbocycles. The summed E-state index contributed by atoms with van der Waals surface area (Å²) >= 11 is 0. The Balaban J connectivity index is 1.42. The van der Waals surface area contributed by atoms with Gasteiger partial charge in [0.1, 0.15) is 24.7 Å². The van der Waals surface area contributed by atoms with Gasteiger partial charge in [-0.05, 0) is 55.3 Å². The maximum absolute atomic E-state index is 12.6. The molecule has 0 aliphatic rings. The van der Waals surface area contributed by atoms with Crippen molar-refractivity contribution in [3.8, 4) is 11.5 Å². The monoisotopic (exact) mass is 475 g/mol. The van der Waals surface area contributed by atoms with E-state index < -0.39 is 11.8 Å². The molecule has 8 nitrogen and oxygen atoms in total. The van der Waals surface area contributed by atoms with E-state index in [0.29, 0.717) is 12.4 Å². The predicted molar refractivity (Wildman–Crippen MR) is 133 cm³/mol. The van der Waals surface area contributed by atoms with Crippen LogP contribution >= 0.6 is 0 Å². The van der Waals surface area contributed by atoms with Gasteiger partial charge in [0, 0.05) is 18.5 Å². The van der Waals surface area contributed by atoms with Crippen molar-refractivity contribution in [2.45, 2.75) is 26.7 Å². The van der Waals surface area contributed by atoms with Crippen molar-refractivity contribution in [1.82, 2.24) is 10.9 Å². The van der Waals surface area contributed by atoms with E-state index in [1.807, 2.05) is 62.4 Å². The third-order valence-corrected chi connectivity index (χ3v) is 5.05. The van der Waals surface area contributed by atoms with Crippen LogP contribution in [0.15, 0.2) is 72.8 Å². The van der Waals surface area contributed by atoms with Crippen LogP contribution in [0.3, 0.4) is 0 Å². The maximum atomic E-state index is 12.6. The van der Waals surface area contributed by atoms with E-state index in [1.54, 1.807) is 24.3 Å². The van der Waals surface area contributed by atoms with Crippen molar-refractivity contribution in [3.63, 3.8) is 0 Å². The minimum absolute atomic E-state index is 0.0177. The third-order valence-electron chi connectivity index (χ3n) is 5.05. The standard InChI is InChI=1S/C27H29N3O5/c1-19-12-13-20(2)23(18-19)28-25(31)14-15-26(32)29-30-27(33)22-10-6-7-11-24(22)35-17-16-34-21-8-4-3-5-9-21/h3-13,18H,14-17H2,1-2H3,(H,28,31)(H,29,32)(H,30,33). The quantitative estimate of drug-likeness (QED) is 0.304. The average molecular weight is 476 g/mol. The Morgan fingerprint density at radius 2 is 1.43 bits per heavy atom. The van der Waals surface area contributed by atoms with Crippen molar-refractivity contribution < 1.29 is 23.9 Å². The van der Waals surface area contributed by atoms with Crippen molar-refractivity contribution in [2.24, 2.45) is 0 Å². The minimum atomic E-state index is -0.530. The van der Waals surface area contributed by atoms with Crippen molar-refractivity contribution in [1.29, 1.82) is 0 Å². The third kappa shape index (κ3) is 8.19. The van der Waals surface area contributed by atoms with Crippen LogP contribution in [0, 0.1) is 13.8 Å². The number of nitrogens with one attached hydrogen (secondary N) is 3. The molecule has 0 atom stereocenters. The molecule has 0 fully saturated rings. The molecule has 3 aromatic rings. The molecular weight excluding hydrogens is 446 g/mol. The van der Waals surface area contributed by atoms with Gasteiger partial charge in [0.25, 0.3) is 5.91 Å². The van der Waals surface area contributed by atoms with Gasteiger partial charge in [0.05, 0.1) is 5.56 Å². The van der Waals surface area contributed by atoms with Crippen LogP contribution in [0.2, 0.25) is 0 Å². The zero-order valence-electron chi connectivity index (χ0n) is 19.8. The molecule has 3 amide bonds. The zero-order chi connectivity index (χ0) is 25.0. The number of carbonyl (C=O) groups is 3. The Morgan fingerprint density at radius 1 is 0.743 bits per heavy atom. The normalized spacial score (nSPS) is 10.2. The summed E-state index contributed by atoms with van der Waals surface area (Å²) in [5.41, 5.74) is 7.65. The Bertz CT molecular complexity index is 1160. The molecule has 35 heavy (non-hydrogen) atoms. The number of aryl methyl sites for hydroxylation is 2. The van der Waals surface area contributed by atoms with Crippen LogP contribution in [-0.4, -0.2) is 30.9 Å². The number of hydrazine groups is 1. The molecule has 0 heterocycles. The number of ether oxygens (including phenoxy) is 2. The molecule has 0 aromatic heterocycles. The molecule has 0 saturated carbocycles. The SMILES string of the molecule is Cc1ccc(C)c(NC(=O)CCC(=O)NNC(=O)c2ccccc2OCCOc2ccccc2)c1. The van der Waals surface area contributed by atoms with E-state index in [1.165, 1.54) is 0 Å². The summed E-state index contributed by atoms with van der Waals surface area (Å²) in [6.45, 7) is 4.38. The molecule has 182 valence electrons. The summed E-state index contributed by atoms with van der Waals surface area (Å²) in [4.78, 5) is 36.9. The summed E-state index contributed by atoms with van der Waals surface area (Å²) in [6.07, 6.45) is -0.0951. The number of amides is 3. The molecule has 0 aliphatic heterocycles. The average Bonchev–Trinajstić information content (AvgIpc) is 2.87. The minimum Gasteiger partial charge on any atom is -0.490 e. The fraction of sp³-hybridized carbons (Fsp3) is 0.222. The first kappa shape index (κ1) is 25.3. The van der Waals surface area contributed by atoms with Crippen LogP contribution in [0.25, 0.3) is 0 Å². The Kier molecular flexibility index (Phi) is 9.24. The summed E-state index contributed by atoms with van der Waals surface area (Å²) in [7, 11) is 0. The first-order valence-electron chi connectivity index (χ1n) is 11.3. The predicted octanol–water partition coefficient (Wildman–Crippen LogP) is 3.94. The number of benzene rings is 3. The summed E-state index contributed by atoms with van der Waals surface area (Å²) < 4.78 is 11.3. The van der Waals surface area contributed by atoms with E-state index in [-0.39, 0.29) is 30.9 Å². The number of para-hydroxylation sites is 2. The summed E-state index contributed by atoms with van der Waals surface area (Å²) in [6, 6.07) is 21.8. The molecular formula is C27H29N3O5. The second-order valence-electron chi connectivity index (χ2n) is 7.87. The Morgan fingerprint density at radius 3 is 2.23 bits per heavy atom. The second kappa shape index (κ2) is 12.8. The Hall–Kier alpha value is -4.33. The fourth-order valence-corrected chi connectivity index (χ4v) is 3.17. The van der Waals surface area contributed by atoms with E-state index in [0.717, 1.165) is 22.6 Å². The largest absolute Gasteiger partial charge is 0.490 e. The molecule has 0 aliphatic carbocycles. The molecule has 0 radical (unpaired) electrons. The van der Waals surface area contributed by atoms with E-state index >= 15 is 0 Å². The number of rotatable bonds is 10. The van der Waals surface area contributed by atoms with Crippen LogP contribution in [0.4, 0.5) is 5.69 Å². The second-order valence-corrected chi connectivity index (χ2v) is 7.87. The van der Waals surface area contributed by atoms with Gasteiger partial charge in [-0.25, -0.2) is 0 Å². The zero-order valence-corrected chi connectivity index (χ0v) is 19.8. The lowest BCUT2D eigenvalue weighted by Gasteiger charge is -2.13. The van der Waals surface area contributed by atoms with Gasteiger partial charge in [0.15, 0.2) is 0 Å². The van der Waals surface area contributed by atoms with Crippen molar-refractivity contribution >= 4 is 23.4 Å². The van der Waals surface area contributed by atoms with Gasteiger partial charge in [-0.3, -0.25) is 25.2 Å². The topological polar surface area (TPSA) is 106 Å². The van der Waals surface area contributed by atoms with Gasteiger partial charge < -0.3 is 14.8 Å². The smallest absolute Gasteiger partial charge is 0.273 e. The van der Waals surface area contributed by atoms with Gasteiger partial charge in [-0.1, -0.05) is 42.5 Å². The molecule has 8 heteroatoms. The maximum Gasteiger partial charge on any atom is 0.273 e. The highest BCUT2D eigenvalue weighted by atomic mass is 16.5. The number of hydrogen-bond donors (Lipinski definition) is 3. The first-order valence-corrected chi connectivity index (χ1v) is 11.3. The molecule has 0 spiro atoms. The fourth-order valence-electron chi connectivity index (χ4n) is 3.17. The summed E-state index contributed by atoms with van der Waals surface area (Å²) in [5, 5.41) is 2.81. The Labute approximate surface area is 204 Å². The number of anilines is 1. The summed E-state index contributed by atoms with van der Waals surface area (Å²) in [5.74, 6) is -0.199. The van der Waals surface area contributed by atoms with E-state index in [4.69, 9.17) is 9.47 Å².